The molecule has 0 radical (unpaired) electrons. The first-order valence-electron chi connectivity index (χ1n) is 3.96. The molecule has 1 aromatic heterocycles. The molecule has 0 aliphatic carbocycles. The number of benzene rings is 1. The molecule has 2 rings (SSSR count). The van der Waals surface area contributed by atoms with Crippen LogP contribution in [0.3, 0.4) is 0 Å². The number of hydrogen-bond acceptors (Lipinski definition) is 3. The lowest BCUT2D eigenvalue weighted by molar-refractivity contribution is 0.413. The molecule has 0 bridgehead atoms. The fraction of sp³-hybridized carbons (Fsp3) is 0.111. The molecule has 72 valence electrons. The zero-order valence-electron chi connectivity index (χ0n) is 7.08. The third-order valence-electron chi connectivity index (χ3n) is 1.72. The van der Waals surface area contributed by atoms with Crippen molar-refractivity contribution in [2.45, 2.75) is 6.42 Å². The molecule has 0 aliphatic rings. The van der Waals surface area contributed by atoms with Crippen molar-refractivity contribution in [2.24, 2.45) is 0 Å². The van der Waals surface area contributed by atoms with Crippen molar-refractivity contribution in [3.8, 4) is 0 Å². The van der Waals surface area contributed by atoms with Crippen LogP contribution in [0.15, 0.2) is 28.8 Å². The quantitative estimate of drug-likeness (QED) is 0.794. The van der Waals surface area contributed by atoms with Gasteiger partial charge in [0.05, 0.1) is 0 Å². The zero-order chi connectivity index (χ0) is 9.97. The Labute approximate surface area is 90.6 Å². The molecule has 0 saturated carbocycles. The van der Waals surface area contributed by atoms with Crippen LogP contribution in [0.4, 0.5) is 0 Å². The van der Waals surface area contributed by atoms with Crippen molar-refractivity contribution < 1.29 is 4.52 Å². The first-order chi connectivity index (χ1) is 6.74. The molecule has 1 heterocycles. The third kappa shape index (κ3) is 2.25. The van der Waals surface area contributed by atoms with Crippen LogP contribution in [0.2, 0.25) is 10.4 Å². The van der Waals surface area contributed by atoms with Crippen LogP contribution in [0, 0.1) is 0 Å². The van der Waals surface area contributed by atoms with Crippen LogP contribution in [0.25, 0.3) is 0 Å². The van der Waals surface area contributed by atoms with Crippen LogP contribution < -0.4 is 0 Å². The molecule has 2 aromatic rings. The van der Waals surface area contributed by atoms with Gasteiger partial charge in [-0.25, -0.2) is 0 Å². The predicted octanol–water partition coefficient (Wildman–Crippen LogP) is 2.97. The molecule has 14 heavy (non-hydrogen) atoms. The van der Waals surface area contributed by atoms with Crippen LogP contribution in [0.1, 0.15) is 11.4 Å². The highest BCUT2D eigenvalue weighted by Gasteiger charge is 2.04. The van der Waals surface area contributed by atoms with Gasteiger partial charge in [-0.3, -0.25) is 0 Å². The van der Waals surface area contributed by atoms with Gasteiger partial charge in [-0.15, -0.1) is 0 Å². The molecule has 3 nitrogen and oxygen atoms in total. The van der Waals surface area contributed by atoms with Crippen molar-refractivity contribution in [3.05, 3.63) is 46.0 Å². The number of rotatable bonds is 2. The van der Waals surface area contributed by atoms with Gasteiger partial charge in [0, 0.05) is 11.4 Å². The Balaban J connectivity index is 2.15. The minimum Gasteiger partial charge on any atom is -0.321 e. The Bertz CT molecular complexity index is 425. The summed E-state index contributed by atoms with van der Waals surface area (Å²) in [6.45, 7) is 0. The minimum absolute atomic E-state index is 0.0639. The summed E-state index contributed by atoms with van der Waals surface area (Å²) < 4.78 is 4.64. The fourth-order valence-electron chi connectivity index (χ4n) is 1.09. The van der Waals surface area contributed by atoms with Crippen molar-refractivity contribution in [2.75, 3.05) is 0 Å². The van der Waals surface area contributed by atoms with Gasteiger partial charge in [-0.1, -0.05) is 28.9 Å². The maximum absolute atomic E-state index is 5.75. The average molecular weight is 229 g/mol. The lowest BCUT2D eigenvalue weighted by atomic mass is 10.1. The van der Waals surface area contributed by atoms with E-state index in [9.17, 15) is 0 Å². The second-order valence-corrected chi connectivity index (χ2v) is 3.53. The first-order valence-corrected chi connectivity index (χ1v) is 4.72. The van der Waals surface area contributed by atoms with Crippen LogP contribution in [0.5, 0.6) is 0 Å². The van der Waals surface area contributed by atoms with E-state index in [1.54, 1.807) is 0 Å². The standard InChI is InChI=1S/C9H6Cl2N2O/c10-7-3-1-6(2-4-7)5-8-12-9(11)14-13-8/h1-4H,5H2. The van der Waals surface area contributed by atoms with E-state index in [0.29, 0.717) is 17.3 Å². The van der Waals surface area contributed by atoms with E-state index in [1.165, 1.54) is 0 Å². The van der Waals surface area contributed by atoms with Crippen molar-refractivity contribution in [3.63, 3.8) is 0 Å². The molecular weight excluding hydrogens is 223 g/mol. The van der Waals surface area contributed by atoms with Crippen LogP contribution in [-0.4, -0.2) is 10.1 Å². The molecule has 0 spiro atoms. The predicted molar refractivity (Wildman–Crippen MR) is 53.6 cm³/mol. The van der Waals surface area contributed by atoms with E-state index in [1.807, 2.05) is 24.3 Å². The summed E-state index contributed by atoms with van der Waals surface area (Å²) in [5, 5.41) is 4.45. The Morgan fingerprint density at radius 3 is 2.43 bits per heavy atom. The molecule has 0 atom stereocenters. The van der Waals surface area contributed by atoms with E-state index in [0.717, 1.165) is 5.56 Å². The summed E-state index contributed by atoms with van der Waals surface area (Å²) in [5.74, 6) is 0.567. The minimum atomic E-state index is 0.0639. The lowest BCUT2D eigenvalue weighted by Gasteiger charge is -1.95. The topological polar surface area (TPSA) is 38.9 Å². The lowest BCUT2D eigenvalue weighted by Crippen LogP contribution is -1.89. The van der Waals surface area contributed by atoms with E-state index in [-0.39, 0.29) is 5.35 Å². The molecule has 0 aliphatic heterocycles. The Morgan fingerprint density at radius 2 is 1.86 bits per heavy atom. The molecular formula is C9H6Cl2N2O. The molecule has 1 aromatic carbocycles. The van der Waals surface area contributed by atoms with Gasteiger partial charge >= 0.3 is 5.35 Å². The SMILES string of the molecule is Clc1ccc(Cc2noc(Cl)n2)cc1. The maximum Gasteiger partial charge on any atom is 0.320 e. The van der Waals surface area contributed by atoms with Crippen molar-refractivity contribution in [1.82, 2.24) is 10.1 Å². The molecule has 5 heteroatoms. The number of nitrogens with zero attached hydrogens (tertiary/aromatic N) is 2. The van der Waals surface area contributed by atoms with E-state index < -0.39 is 0 Å². The smallest absolute Gasteiger partial charge is 0.320 e. The van der Waals surface area contributed by atoms with Gasteiger partial charge in [-0.2, -0.15) is 4.98 Å². The summed E-state index contributed by atoms with van der Waals surface area (Å²) >= 11 is 11.2. The van der Waals surface area contributed by atoms with Gasteiger partial charge in [0.25, 0.3) is 0 Å². The molecule has 0 unspecified atom stereocenters. The number of halogens is 2. The van der Waals surface area contributed by atoms with Crippen molar-refractivity contribution >= 4 is 23.2 Å². The number of hydrogen-bond donors (Lipinski definition) is 0. The van der Waals surface area contributed by atoms with Crippen LogP contribution >= 0.6 is 23.2 Å². The molecule has 0 N–H and O–H groups in total. The molecule has 0 fully saturated rings. The Kier molecular flexibility index (Phi) is 2.70. The average Bonchev–Trinajstić information content (AvgIpc) is 2.56. The second-order valence-electron chi connectivity index (χ2n) is 2.77. The highest BCUT2D eigenvalue weighted by molar-refractivity contribution is 6.30. The summed E-state index contributed by atoms with van der Waals surface area (Å²) in [7, 11) is 0. The largest absolute Gasteiger partial charge is 0.321 e. The Morgan fingerprint density at radius 1 is 1.14 bits per heavy atom. The monoisotopic (exact) mass is 228 g/mol. The maximum atomic E-state index is 5.75. The van der Waals surface area contributed by atoms with Crippen LogP contribution in [-0.2, 0) is 6.42 Å². The van der Waals surface area contributed by atoms with E-state index >= 15 is 0 Å². The van der Waals surface area contributed by atoms with Gasteiger partial charge < -0.3 is 4.52 Å². The fourth-order valence-corrected chi connectivity index (χ4v) is 1.35. The summed E-state index contributed by atoms with van der Waals surface area (Å²) in [4.78, 5) is 3.88. The summed E-state index contributed by atoms with van der Waals surface area (Å²) in [6, 6.07) is 7.45. The first kappa shape index (κ1) is 9.49. The zero-order valence-corrected chi connectivity index (χ0v) is 8.59. The third-order valence-corrected chi connectivity index (χ3v) is 2.12. The second kappa shape index (κ2) is 3.98. The highest BCUT2D eigenvalue weighted by atomic mass is 35.5. The molecule has 0 amide bonds. The van der Waals surface area contributed by atoms with Gasteiger partial charge in [0.2, 0.25) is 0 Å². The summed E-state index contributed by atoms with van der Waals surface area (Å²) in [6.07, 6.45) is 0.591. The van der Waals surface area contributed by atoms with E-state index in [4.69, 9.17) is 23.2 Å². The highest BCUT2D eigenvalue weighted by Crippen LogP contribution is 2.13. The Hall–Kier alpha value is -1.06. The number of aromatic nitrogens is 2. The van der Waals surface area contributed by atoms with Gasteiger partial charge in [-0.05, 0) is 29.3 Å². The molecule has 0 saturated heterocycles. The normalized spacial score (nSPS) is 10.4. The van der Waals surface area contributed by atoms with Gasteiger partial charge in [0.15, 0.2) is 5.82 Å². The van der Waals surface area contributed by atoms with Gasteiger partial charge in [0.1, 0.15) is 0 Å². The van der Waals surface area contributed by atoms with E-state index in [2.05, 4.69) is 14.7 Å². The summed E-state index contributed by atoms with van der Waals surface area (Å²) in [5.41, 5.74) is 1.06. The van der Waals surface area contributed by atoms with Crippen molar-refractivity contribution in [1.29, 1.82) is 0 Å².